The Bertz CT molecular complexity index is 1830. The molecule has 9 nitrogen and oxygen atoms in total. The average molecular weight is 546 g/mol. The summed E-state index contributed by atoms with van der Waals surface area (Å²) in [7, 11) is 0. The van der Waals surface area contributed by atoms with Gasteiger partial charge in [0.1, 0.15) is 46.7 Å². The van der Waals surface area contributed by atoms with Crippen LogP contribution in [0.3, 0.4) is 0 Å². The van der Waals surface area contributed by atoms with Gasteiger partial charge in [0, 0.05) is 24.0 Å². The van der Waals surface area contributed by atoms with Crippen LogP contribution in [-0.2, 0) is 0 Å². The number of anilines is 2. The van der Waals surface area contributed by atoms with Crippen molar-refractivity contribution >= 4 is 22.5 Å². The van der Waals surface area contributed by atoms with Crippen molar-refractivity contribution in [2.75, 3.05) is 11.1 Å². The molecule has 1 unspecified atom stereocenters. The fraction of sp³-hybridized carbons (Fsp3) is 0.111. The number of nitrogens with two attached hydrogens (primary N) is 1. The number of rotatable bonds is 5. The van der Waals surface area contributed by atoms with Gasteiger partial charge < -0.3 is 11.1 Å². The number of halogens is 4. The number of fused-ring (bicyclic) bond motifs is 1. The summed E-state index contributed by atoms with van der Waals surface area (Å²) in [4.78, 5) is 34.3. The molecule has 0 spiro atoms. The fourth-order valence-corrected chi connectivity index (χ4v) is 4.05. The zero-order chi connectivity index (χ0) is 28.4. The van der Waals surface area contributed by atoms with Gasteiger partial charge in [-0.1, -0.05) is 18.1 Å². The maximum Gasteiger partial charge on any atom is 0.266 e. The van der Waals surface area contributed by atoms with E-state index >= 15 is 0 Å². The molecule has 0 radical (unpaired) electrons. The van der Waals surface area contributed by atoms with E-state index in [9.17, 15) is 22.4 Å². The minimum atomic E-state index is -2.99. The van der Waals surface area contributed by atoms with Crippen LogP contribution in [0.2, 0.25) is 0 Å². The van der Waals surface area contributed by atoms with Crippen LogP contribution < -0.4 is 16.6 Å². The summed E-state index contributed by atoms with van der Waals surface area (Å²) >= 11 is 0. The predicted octanol–water partition coefficient (Wildman–Crippen LogP) is 4.34. The zero-order valence-electron chi connectivity index (χ0n) is 20.6. The lowest BCUT2D eigenvalue weighted by atomic mass is 10.1. The highest BCUT2D eigenvalue weighted by Gasteiger charge is 2.24. The van der Waals surface area contributed by atoms with Crippen LogP contribution in [0.15, 0.2) is 66.1 Å². The second-order valence-electron chi connectivity index (χ2n) is 8.47. The summed E-state index contributed by atoms with van der Waals surface area (Å²) in [6.07, 6.45) is 2.61. The minimum Gasteiger partial charge on any atom is -0.382 e. The van der Waals surface area contributed by atoms with Crippen molar-refractivity contribution in [3.05, 3.63) is 106 Å². The first-order valence-electron chi connectivity index (χ1n) is 11.7. The third-order valence-electron chi connectivity index (χ3n) is 5.79. The van der Waals surface area contributed by atoms with Crippen LogP contribution >= 0.6 is 0 Å². The van der Waals surface area contributed by atoms with Crippen molar-refractivity contribution in [3.63, 3.8) is 0 Å². The van der Waals surface area contributed by atoms with E-state index in [4.69, 9.17) is 5.73 Å². The topological polar surface area (TPSA) is 124 Å². The second-order valence-corrected chi connectivity index (χ2v) is 8.47. The minimum absolute atomic E-state index is 0.0237. The third-order valence-corrected chi connectivity index (χ3v) is 5.79. The van der Waals surface area contributed by atoms with Gasteiger partial charge >= 0.3 is 0 Å². The molecular weight excluding hydrogens is 528 g/mol. The van der Waals surface area contributed by atoms with Gasteiger partial charge in [-0.05, 0) is 31.0 Å². The first-order chi connectivity index (χ1) is 19.2. The molecule has 200 valence electrons. The molecule has 0 aliphatic heterocycles. The van der Waals surface area contributed by atoms with E-state index < -0.39 is 35.2 Å². The predicted molar refractivity (Wildman–Crippen MR) is 139 cm³/mol. The van der Waals surface area contributed by atoms with Crippen molar-refractivity contribution in [2.45, 2.75) is 19.4 Å². The van der Waals surface area contributed by atoms with Crippen LogP contribution in [0.25, 0.3) is 16.6 Å². The van der Waals surface area contributed by atoms with Gasteiger partial charge in [-0.2, -0.15) is 0 Å². The molecule has 5 rings (SSSR count). The Morgan fingerprint density at radius 3 is 2.50 bits per heavy atom. The van der Waals surface area contributed by atoms with Crippen molar-refractivity contribution in [2.24, 2.45) is 0 Å². The van der Waals surface area contributed by atoms with Gasteiger partial charge in [-0.15, -0.1) is 0 Å². The number of nitrogen functional groups attached to an aromatic ring is 1. The van der Waals surface area contributed by atoms with E-state index in [0.29, 0.717) is 11.8 Å². The van der Waals surface area contributed by atoms with Crippen LogP contribution in [0.1, 0.15) is 42.0 Å². The van der Waals surface area contributed by atoms with Crippen LogP contribution in [-0.4, -0.2) is 29.5 Å². The van der Waals surface area contributed by atoms with E-state index in [1.165, 1.54) is 37.1 Å². The molecule has 2 aromatic carbocycles. The summed E-state index contributed by atoms with van der Waals surface area (Å²) in [6.45, 7) is 1.59. The normalized spacial score (nSPS) is 11.8. The number of nitrogens with one attached hydrogen (secondary N) is 1. The van der Waals surface area contributed by atoms with E-state index in [2.05, 4.69) is 42.1 Å². The van der Waals surface area contributed by atoms with Gasteiger partial charge in [0.05, 0.1) is 28.8 Å². The molecule has 0 bridgehead atoms. The fourth-order valence-electron chi connectivity index (χ4n) is 4.05. The van der Waals surface area contributed by atoms with E-state index in [1.807, 2.05) is 0 Å². The van der Waals surface area contributed by atoms with Crippen LogP contribution in [0.5, 0.6) is 0 Å². The molecule has 13 heteroatoms. The molecule has 5 aromatic rings. The largest absolute Gasteiger partial charge is 0.382 e. The Morgan fingerprint density at radius 1 is 1.02 bits per heavy atom. The summed E-state index contributed by atoms with van der Waals surface area (Å²) in [5.41, 5.74) is 4.85. The highest BCUT2D eigenvalue weighted by atomic mass is 19.3. The molecular formula is C27H18F4N8O. The summed E-state index contributed by atoms with van der Waals surface area (Å²) in [5.74, 6) is 3.86. The zero-order valence-corrected chi connectivity index (χ0v) is 20.6. The molecule has 1 atom stereocenters. The highest BCUT2D eigenvalue weighted by Crippen LogP contribution is 2.28. The Kier molecular flexibility index (Phi) is 7.07. The number of alkyl halides is 2. The molecule has 0 aliphatic rings. The number of hydrogen-bond acceptors (Lipinski definition) is 8. The molecule has 3 aromatic heterocycles. The van der Waals surface area contributed by atoms with Crippen molar-refractivity contribution < 1.29 is 17.6 Å². The van der Waals surface area contributed by atoms with Crippen LogP contribution in [0, 0.1) is 23.5 Å². The van der Waals surface area contributed by atoms with Gasteiger partial charge in [0.25, 0.3) is 12.0 Å². The first-order valence-corrected chi connectivity index (χ1v) is 11.7. The van der Waals surface area contributed by atoms with Gasteiger partial charge in [-0.3, -0.25) is 14.3 Å². The number of hydrogen-bond donors (Lipinski definition) is 2. The second kappa shape index (κ2) is 10.8. The number of nitrogens with zero attached hydrogens (tertiary/aromatic N) is 6. The lowest BCUT2D eigenvalue weighted by Gasteiger charge is -2.21. The standard InChI is InChI=1S/C27H18F4N8O/c1-14(37-25-20(24(32)35-13-36-25)6-5-17-12-33-7-8-34-17)26-38-21-4-2-3-19(23(30)31)22(21)27(40)39(26)18-10-15(28)9-16(29)11-18/h2-4,7-14,23H,1H3,(H3,32,35,36,37). The summed E-state index contributed by atoms with van der Waals surface area (Å²) < 4.78 is 56.9. The first kappa shape index (κ1) is 26.2. The van der Waals surface area contributed by atoms with Crippen molar-refractivity contribution in [1.82, 2.24) is 29.5 Å². The number of benzene rings is 2. The molecule has 0 saturated heterocycles. The Morgan fingerprint density at radius 2 is 1.80 bits per heavy atom. The van der Waals surface area contributed by atoms with Gasteiger partial charge in [-0.25, -0.2) is 37.5 Å². The Hall–Kier alpha value is -5.38. The molecule has 3 N–H and O–H groups in total. The quantitative estimate of drug-likeness (QED) is 0.247. The van der Waals surface area contributed by atoms with Crippen molar-refractivity contribution in [3.8, 4) is 17.5 Å². The van der Waals surface area contributed by atoms with Crippen molar-refractivity contribution in [1.29, 1.82) is 0 Å². The lowest BCUT2D eigenvalue weighted by molar-refractivity contribution is 0.153. The highest BCUT2D eigenvalue weighted by molar-refractivity contribution is 5.82. The smallest absolute Gasteiger partial charge is 0.266 e. The van der Waals surface area contributed by atoms with E-state index in [1.54, 1.807) is 6.92 Å². The molecule has 0 saturated carbocycles. The van der Waals surface area contributed by atoms with Gasteiger partial charge in [0.2, 0.25) is 0 Å². The molecule has 40 heavy (non-hydrogen) atoms. The summed E-state index contributed by atoms with van der Waals surface area (Å²) in [5, 5.41) is 2.67. The SMILES string of the molecule is CC(Nc1ncnc(N)c1C#Cc1cnccn1)c1nc2cccc(C(F)F)c2c(=O)n1-c1cc(F)cc(F)c1. The lowest BCUT2D eigenvalue weighted by Crippen LogP contribution is -2.28. The van der Waals surface area contributed by atoms with Gasteiger partial charge in [0.15, 0.2) is 0 Å². The van der Waals surface area contributed by atoms with E-state index in [0.717, 1.165) is 22.8 Å². The number of aromatic nitrogens is 6. The maximum absolute atomic E-state index is 14.2. The maximum atomic E-state index is 14.2. The molecule has 3 heterocycles. The third kappa shape index (κ3) is 5.14. The average Bonchev–Trinajstić information content (AvgIpc) is 2.92. The monoisotopic (exact) mass is 546 g/mol. The Labute approximate surface area is 223 Å². The van der Waals surface area contributed by atoms with E-state index in [-0.39, 0.29) is 39.6 Å². The Balaban J connectivity index is 1.68. The summed E-state index contributed by atoms with van der Waals surface area (Å²) in [6, 6.07) is 5.38. The molecule has 0 fully saturated rings. The molecule has 0 aliphatic carbocycles. The molecule has 0 amide bonds. The van der Waals surface area contributed by atoms with Crippen LogP contribution in [0.4, 0.5) is 29.2 Å².